The number of allylic oxidation sites excluding steroid dienone is 2. The van der Waals surface area contributed by atoms with Crippen LogP contribution >= 0.6 is 0 Å². The molecule has 4 heteroatoms. The molecule has 0 radical (unpaired) electrons. The van der Waals surface area contributed by atoms with E-state index in [0.29, 0.717) is 0 Å². The molecule has 0 aromatic carbocycles. The summed E-state index contributed by atoms with van der Waals surface area (Å²) >= 11 is 0. The Hall–Kier alpha value is -1.84. The fourth-order valence-corrected chi connectivity index (χ4v) is 1.74. The average molecular weight is 292 g/mol. The van der Waals surface area contributed by atoms with E-state index in [4.69, 9.17) is 9.47 Å². The zero-order valence-electron chi connectivity index (χ0n) is 13.6. The molecule has 1 rings (SSSR count). The summed E-state index contributed by atoms with van der Waals surface area (Å²) < 4.78 is 10.4. The number of carbonyl (C=O) groups excluding carboxylic acids is 2. The molecule has 0 aliphatic heterocycles. The van der Waals surface area contributed by atoms with Crippen LogP contribution in [0.15, 0.2) is 35.5 Å². The Morgan fingerprint density at radius 2 is 1.19 bits per heavy atom. The van der Waals surface area contributed by atoms with Crippen LogP contribution < -0.4 is 0 Å². The van der Waals surface area contributed by atoms with Gasteiger partial charge in [-0.05, 0) is 39.8 Å². The summed E-state index contributed by atoms with van der Waals surface area (Å²) in [5.41, 5.74) is 0.218. The first kappa shape index (κ1) is 17.2. The van der Waals surface area contributed by atoms with Crippen LogP contribution in [0.4, 0.5) is 0 Å². The first-order valence-corrected chi connectivity index (χ1v) is 7.17. The lowest BCUT2D eigenvalue weighted by molar-refractivity contribution is -0.145. The minimum Gasteiger partial charge on any atom is -0.459 e. The van der Waals surface area contributed by atoms with Gasteiger partial charge in [0.1, 0.15) is 0 Å². The Bertz CT molecular complexity index is 461. The summed E-state index contributed by atoms with van der Waals surface area (Å²) in [6.45, 7) is 11.1. The van der Waals surface area contributed by atoms with E-state index in [2.05, 4.69) is 0 Å². The van der Waals surface area contributed by atoms with Crippen molar-refractivity contribution in [2.24, 2.45) is 5.41 Å². The van der Waals surface area contributed by atoms with E-state index >= 15 is 0 Å². The molecule has 0 saturated heterocycles. The molecule has 21 heavy (non-hydrogen) atoms. The van der Waals surface area contributed by atoms with Crippen LogP contribution in [0.5, 0.6) is 0 Å². The summed E-state index contributed by atoms with van der Waals surface area (Å²) in [5, 5.41) is 0. The van der Waals surface area contributed by atoms with E-state index in [0.717, 1.165) is 0 Å². The van der Waals surface area contributed by atoms with E-state index in [9.17, 15) is 9.59 Å². The first-order chi connectivity index (χ1) is 9.62. The molecule has 0 bridgehead atoms. The van der Waals surface area contributed by atoms with E-state index in [1.54, 1.807) is 39.8 Å². The molecule has 0 aromatic heterocycles. The van der Waals surface area contributed by atoms with Gasteiger partial charge in [0.05, 0.1) is 23.4 Å². The number of esters is 2. The zero-order chi connectivity index (χ0) is 16.2. The van der Waals surface area contributed by atoms with Crippen molar-refractivity contribution >= 4 is 11.9 Å². The molecule has 0 saturated carbocycles. The standard InChI is InChI=1S/C17H24O4/c1-11(2)20-15(18)13-7-9-17(5,6)10-8-14(13)16(19)21-12(3)4/h7-12H,1-6H3. The molecular weight excluding hydrogens is 268 g/mol. The Labute approximate surface area is 126 Å². The Kier molecular flexibility index (Phi) is 5.53. The second-order valence-electron chi connectivity index (χ2n) is 6.22. The van der Waals surface area contributed by atoms with Gasteiger partial charge in [0.15, 0.2) is 0 Å². The molecule has 1 aliphatic rings. The fourth-order valence-electron chi connectivity index (χ4n) is 1.74. The molecule has 0 fully saturated rings. The maximum Gasteiger partial charge on any atom is 0.339 e. The van der Waals surface area contributed by atoms with Crippen LogP contribution in [0.25, 0.3) is 0 Å². The number of hydrogen-bond donors (Lipinski definition) is 0. The third-order valence-corrected chi connectivity index (χ3v) is 2.77. The van der Waals surface area contributed by atoms with Crippen molar-refractivity contribution < 1.29 is 19.1 Å². The molecule has 0 spiro atoms. The second kappa shape index (κ2) is 6.74. The summed E-state index contributed by atoms with van der Waals surface area (Å²) in [6, 6.07) is 0. The third kappa shape index (κ3) is 5.21. The normalized spacial score (nSPS) is 17.1. The van der Waals surface area contributed by atoms with Crippen LogP contribution in [0, 0.1) is 5.41 Å². The van der Waals surface area contributed by atoms with Gasteiger partial charge in [0, 0.05) is 5.41 Å². The predicted molar refractivity (Wildman–Crippen MR) is 81.5 cm³/mol. The smallest absolute Gasteiger partial charge is 0.339 e. The van der Waals surface area contributed by atoms with Crippen LogP contribution in [0.2, 0.25) is 0 Å². The maximum atomic E-state index is 12.2. The molecule has 0 heterocycles. The maximum absolute atomic E-state index is 12.2. The zero-order valence-corrected chi connectivity index (χ0v) is 13.6. The first-order valence-electron chi connectivity index (χ1n) is 7.17. The van der Waals surface area contributed by atoms with Gasteiger partial charge in [-0.2, -0.15) is 0 Å². The SMILES string of the molecule is CC(C)OC(=O)C1=C(C(=O)OC(C)C)C=CC(C)(C)C=C1. The van der Waals surface area contributed by atoms with Gasteiger partial charge in [0.2, 0.25) is 0 Å². The highest BCUT2D eigenvalue weighted by Gasteiger charge is 2.25. The molecule has 0 aromatic rings. The van der Waals surface area contributed by atoms with Gasteiger partial charge < -0.3 is 9.47 Å². The van der Waals surface area contributed by atoms with Gasteiger partial charge in [-0.3, -0.25) is 0 Å². The van der Waals surface area contributed by atoms with E-state index in [1.807, 2.05) is 26.0 Å². The van der Waals surface area contributed by atoms with Crippen molar-refractivity contribution in [2.45, 2.75) is 53.8 Å². The van der Waals surface area contributed by atoms with Gasteiger partial charge in [-0.1, -0.05) is 26.0 Å². The van der Waals surface area contributed by atoms with Crippen molar-refractivity contribution in [3.63, 3.8) is 0 Å². The lowest BCUT2D eigenvalue weighted by Gasteiger charge is -2.12. The number of rotatable bonds is 4. The number of carbonyl (C=O) groups is 2. The highest BCUT2D eigenvalue weighted by Crippen LogP contribution is 2.27. The summed E-state index contributed by atoms with van der Waals surface area (Å²) in [5.74, 6) is -1.03. The Morgan fingerprint density at radius 3 is 1.48 bits per heavy atom. The minimum atomic E-state index is -0.515. The Balaban J connectivity index is 3.23. The predicted octanol–water partition coefficient (Wildman–Crippen LogP) is 3.34. The molecule has 0 atom stereocenters. The van der Waals surface area contributed by atoms with Crippen molar-refractivity contribution in [1.82, 2.24) is 0 Å². The highest BCUT2D eigenvalue weighted by atomic mass is 16.5. The van der Waals surface area contributed by atoms with Gasteiger partial charge in [-0.15, -0.1) is 0 Å². The lowest BCUT2D eigenvalue weighted by atomic mass is 9.93. The van der Waals surface area contributed by atoms with Gasteiger partial charge >= 0.3 is 11.9 Å². The van der Waals surface area contributed by atoms with Crippen molar-refractivity contribution in [3.05, 3.63) is 35.5 Å². The van der Waals surface area contributed by atoms with Crippen LogP contribution in [0.3, 0.4) is 0 Å². The highest BCUT2D eigenvalue weighted by molar-refractivity contribution is 6.04. The molecule has 116 valence electrons. The molecule has 0 N–H and O–H groups in total. The van der Waals surface area contributed by atoms with Crippen molar-refractivity contribution in [3.8, 4) is 0 Å². The van der Waals surface area contributed by atoms with E-state index < -0.39 is 11.9 Å². The van der Waals surface area contributed by atoms with Gasteiger partial charge in [0.25, 0.3) is 0 Å². The topological polar surface area (TPSA) is 52.6 Å². The Morgan fingerprint density at radius 1 is 0.857 bits per heavy atom. The monoisotopic (exact) mass is 292 g/mol. The van der Waals surface area contributed by atoms with Crippen LogP contribution in [0.1, 0.15) is 41.5 Å². The molecule has 4 nitrogen and oxygen atoms in total. The van der Waals surface area contributed by atoms with Crippen molar-refractivity contribution in [1.29, 1.82) is 0 Å². The molecular formula is C17H24O4. The third-order valence-electron chi connectivity index (χ3n) is 2.77. The summed E-state index contributed by atoms with van der Waals surface area (Å²) in [7, 11) is 0. The number of hydrogen-bond acceptors (Lipinski definition) is 4. The van der Waals surface area contributed by atoms with Crippen LogP contribution in [-0.4, -0.2) is 24.1 Å². The summed E-state index contributed by atoms with van der Waals surface area (Å²) in [4.78, 5) is 24.4. The fraction of sp³-hybridized carbons (Fsp3) is 0.529. The number of ether oxygens (including phenoxy) is 2. The van der Waals surface area contributed by atoms with Crippen molar-refractivity contribution in [2.75, 3.05) is 0 Å². The quantitative estimate of drug-likeness (QED) is 0.746. The van der Waals surface area contributed by atoms with Crippen LogP contribution in [-0.2, 0) is 19.1 Å². The van der Waals surface area contributed by atoms with E-state index in [1.165, 1.54) is 0 Å². The summed E-state index contributed by atoms with van der Waals surface area (Å²) in [6.07, 6.45) is 6.53. The van der Waals surface area contributed by atoms with Gasteiger partial charge in [-0.25, -0.2) is 9.59 Å². The lowest BCUT2D eigenvalue weighted by Crippen LogP contribution is -2.19. The molecule has 1 aliphatic carbocycles. The van der Waals surface area contributed by atoms with E-state index in [-0.39, 0.29) is 28.8 Å². The minimum absolute atomic E-state index is 0.233. The molecule has 0 unspecified atom stereocenters. The average Bonchev–Trinajstić information content (AvgIpc) is 2.45. The largest absolute Gasteiger partial charge is 0.459 e. The second-order valence-corrected chi connectivity index (χ2v) is 6.22. The molecule has 0 amide bonds.